The molecular weight excluding hydrogens is 268 g/mol. The lowest BCUT2D eigenvalue weighted by Gasteiger charge is -2.40. The maximum atomic E-state index is 12.1. The van der Waals surface area contributed by atoms with Crippen molar-refractivity contribution in [3.63, 3.8) is 0 Å². The SMILES string of the molecule is COC1(CNC(=O)c2cncc(C#CCCO)c2)CCC1. The topological polar surface area (TPSA) is 71.5 Å². The second-order valence-corrected chi connectivity index (χ2v) is 5.16. The van der Waals surface area contributed by atoms with Crippen LogP contribution in [0.5, 0.6) is 0 Å². The minimum absolute atomic E-state index is 0.0275. The minimum atomic E-state index is -0.193. The molecule has 1 fully saturated rings. The molecule has 0 unspecified atom stereocenters. The van der Waals surface area contributed by atoms with Gasteiger partial charge in [0, 0.05) is 38.0 Å². The lowest BCUT2D eigenvalue weighted by atomic mass is 9.80. The molecule has 1 aliphatic rings. The molecule has 0 bridgehead atoms. The van der Waals surface area contributed by atoms with Crippen molar-refractivity contribution in [2.75, 3.05) is 20.3 Å². The first kappa shape index (κ1) is 15.5. The van der Waals surface area contributed by atoms with Crippen LogP contribution in [0.2, 0.25) is 0 Å². The van der Waals surface area contributed by atoms with Gasteiger partial charge in [-0.05, 0) is 25.3 Å². The standard InChI is InChI=1S/C16H20N2O3/c1-21-16(6-4-7-16)12-18-15(20)14-9-13(10-17-11-14)5-2-3-8-19/h9-11,19H,3-4,6-8,12H2,1H3,(H,18,20). The van der Waals surface area contributed by atoms with Crippen LogP contribution in [0.3, 0.4) is 0 Å². The van der Waals surface area contributed by atoms with Gasteiger partial charge in [0.05, 0.1) is 17.8 Å². The van der Waals surface area contributed by atoms with Crippen LogP contribution >= 0.6 is 0 Å². The van der Waals surface area contributed by atoms with Gasteiger partial charge < -0.3 is 15.2 Å². The van der Waals surface area contributed by atoms with Crippen molar-refractivity contribution in [3.8, 4) is 11.8 Å². The number of aliphatic hydroxyl groups is 1. The zero-order valence-corrected chi connectivity index (χ0v) is 12.2. The highest BCUT2D eigenvalue weighted by atomic mass is 16.5. The molecule has 1 aromatic heterocycles. The van der Waals surface area contributed by atoms with Crippen LogP contribution in [0.25, 0.3) is 0 Å². The van der Waals surface area contributed by atoms with Crippen molar-refractivity contribution < 1.29 is 14.6 Å². The monoisotopic (exact) mass is 288 g/mol. The molecule has 1 aliphatic carbocycles. The summed E-state index contributed by atoms with van der Waals surface area (Å²) >= 11 is 0. The molecule has 1 heterocycles. The van der Waals surface area contributed by atoms with E-state index in [1.807, 2.05) is 0 Å². The van der Waals surface area contributed by atoms with E-state index < -0.39 is 0 Å². The molecule has 1 amide bonds. The maximum Gasteiger partial charge on any atom is 0.252 e. The fraction of sp³-hybridized carbons (Fsp3) is 0.500. The van der Waals surface area contributed by atoms with Crippen LogP contribution in [-0.2, 0) is 4.74 Å². The third kappa shape index (κ3) is 4.03. The van der Waals surface area contributed by atoms with Gasteiger partial charge in [0.1, 0.15) is 0 Å². The van der Waals surface area contributed by atoms with Crippen molar-refractivity contribution in [3.05, 3.63) is 29.6 Å². The third-order valence-corrected chi connectivity index (χ3v) is 3.74. The Morgan fingerprint density at radius 2 is 2.33 bits per heavy atom. The number of amides is 1. The Morgan fingerprint density at radius 3 is 2.95 bits per heavy atom. The Kier molecular flexibility index (Phi) is 5.32. The molecule has 5 heteroatoms. The number of aliphatic hydroxyl groups excluding tert-OH is 1. The average molecular weight is 288 g/mol. The molecule has 0 spiro atoms. The second-order valence-electron chi connectivity index (χ2n) is 5.16. The number of nitrogens with one attached hydrogen (secondary N) is 1. The summed E-state index contributed by atoms with van der Waals surface area (Å²) in [6.45, 7) is 0.544. The first-order valence-electron chi connectivity index (χ1n) is 7.07. The Labute approximate surface area is 124 Å². The number of nitrogens with zero attached hydrogens (tertiary/aromatic N) is 1. The number of carbonyl (C=O) groups is 1. The van der Waals surface area contributed by atoms with Crippen LogP contribution in [0.15, 0.2) is 18.5 Å². The molecule has 0 saturated heterocycles. The summed E-state index contributed by atoms with van der Waals surface area (Å²) in [6, 6.07) is 1.70. The quantitative estimate of drug-likeness (QED) is 0.796. The van der Waals surface area contributed by atoms with Gasteiger partial charge in [-0.2, -0.15) is 0 Å². The number of carbonyl (C=O) groups excluding carboxylic acids is 1. The summed E-state index contributed by atoms with van der Waals surface area (Å²) in [4.78, 5) is 16.2. The molecule has 0 atom stereocenters. The first-order valence-corrected chi connectivity index (χ1v) is 7.07. The van der Waals surface area contributed by atoms with Crippen molar-refractivity contribution in [1.82, 2.24) is 10.3 Å². The van der Waals surface area contributed by atoms with Crippen LogP contribution in [0, 0.1) is 11.8 Å². The lowest BCUT2D eigenvalue weighted by molar-refractivity contribution is -0.0679. The molecular formula is C16H20N2O3. The molecule has 2 N–H and O–H groups in total. The molecule has 0 radical (unpaired) electrons. The second kappa shape index (κ2) is 7.21. The lowest BCUT2D eigenvalue weighted by Crippen LogP contribution is -2.49. The summed E-state index contributed by atoms with van der Waals surface area (Å²) in [5.74, 6) is 5.51. The predicted octanol–water partition coefficient (Wildman–Crippen LogP) is 1.11. The Balaban J connectivity index is 1.96. The van der Waals surface area contributed by atoms with Gasteiger partial charge in [-0.15, -0.1) is 0 Å². The van der Waals surface area contributed by atoms with Gasteiger partial charge in [-0.25, -0.2) is 0 Å². The Hall–Kier alpha value is -1.90. The average Bonchev–Trinajstić information content (AvgIpc) is 2.47. The molecule has 1 saturated carbocycles. The molecule has 2 rings (SSSR count). The van der Waals surface area contributed by atoms with Crippen molar-refractivity contribution in [2.24, 2.45) is 0 Å². The Morgan fingerprint density at radius 1 is 1.52 bits per heavy atom. The van der Waals surface area contributed by atoms with Gasteiger partial charge in [-0.1, -0.05) is 11.8 Å². The zero-order chi connectivity index (χ0) is 15.1. The Bertz CT molecular complexity index is 551. The fourth-order valence-electron chi connectivity index (χ4n) is 2.22. The van der Waals surface area contributed by atoms with E-state index in [2.05, 4.69) is 22.1 Å². The minimum Gasteiger partial charge on any atom is -0.395 e. The number of hydrogen-bond donors (Lipinski definition) is 2. The van der Waals surface area contributed by atoms with E-state index >= 15 is 0 Å². The van der Waals surface area contributed by atoms with Crippen molar-refractivity contribution in [1.29, 1.82) is 0 Å². The largest absolute Gasteiger partial charge is 0.395 e. The summed E-state index contributed by atoms with van der Waals surface area (Å²) < 4.78 is 5.47. The van der Waals surface area contributed by atoms with E-state index in [4.69, 9.17) is 9.84 Å². The van der Waals surface area contributed by atoms with Gasteiger partial charge in [0.15, 0.2) is 0 Å². The van der Waals surface area contributed by atoms with Crippen LogP contribution in [0.4, 0.5) is 0 Å². The molecule has 112 valence electrons. The van der Waals surface area contributed by atoms with Crippen molar-refractivity contribution in [2.45, 2.75) is 31.3 Å². The van der Waals surface area contributed by atoms with Gasteiger partial charge in [0.25, 0.3) is 5.91 Å². The summed E-state index contributed by atoms with van der Waals surface area (Å²) in [7, 11) is 1.68. The van der Waals surface area contributed by atoms with Gasteiger partial charge in [0.2, 0.25) is 0 Å². The highest BCUT2D eigenvalue weighted by Gasteiger charge is 2.37. The summed E-state index contributed by atoms with van der Waals surface area (Å²) in [6.07, 6.45) is 6.63. The fourth-order valence-corrected chi connectivity index (χ4v) is 2.22. The van der Waals surface area contributed by atoms with Crippen LogP contribution < -0.4 is 5.32 Å². The highest BCUT2D eigenvalue weighted by Crippen LogP contribution is 2.34. The number of ether oxygens (including phenoxy) is 1. The molecule has 0 aromatic carbocycles. The predicted molar refractivity (Wildman–Crippen MR) is 78.7 cm³/mol. The molecule has 0 aliphatic heterocycles. The molecule has 5 nitrogen and oxygen atoms in total. The number of rotatable bonds is 5. The van der Waals surface area contributed by atoms with E-state index in [1.54, 1.807) is 19.4 Å². The van der Waals surface area contributed by atoms with Crippen LogP contribution in [-0.4, -0.2) is 41.9 Å². The summed E-state index contributed by atoms with van der Waals surface area (Å²) in [5, 5.41) is 11.6. The van der Waals surface area contributed by atoms with E-state index in [1.165, 1.54) is 6.20 Å². The van der Waals surface area contributed by atoms with Gasteiger partial charge in [-0.3, -0.25) is 9.78 Å². The van der Waals surface area contributed by atoms with E-state index in [-0.39, 0.29) is 18.1 Å². The number of methoxy groups -OCH3 is 1. The zero-order valence-electron chi connectivity index (χ0n) is 12.2. The highest BCUT2D eigenvalue weighted by molar-refractivity contribution is 5.94. The van der Waals surface area contributed by atoms with E-state index in [0.717, 1.165) is 19.3 Å². The third-order valence-electron chi connectivity index (χ3n) is 3.74. The van der Waals surface area contributed by atoms with Crippen LogP contribution in [0.1, 0.15) is 41.6 Å². The number of hydrogen-bond acceptors (Lipinski definition) is 4. The number of pyridine rings is 1. The maximum absolute atomic E-state index is 12.1. The van der Waals surface area contributed by atoms with E-state index in [9.17, 15) is 4.79 Å². The summed E-state index contributed by atoms with van der Waals surface area (Å²) in [5.41, 5.74) is 0.958. The van der Waals surface area contributed by atoms with E-state index in [0.29, 0.717) is 24.1 Å². The normalized spacial score (nSPS) is 15.5. The van der Waals surface area contributed by atoms with Crippen molar-refractivity contribution >= 4 is 5.91 Å². The molecule has 21 heavy (non-hydrogen) atoms. The smallest absolute Gasteiger partial charge is 0.252 e. The number of aromatic nitrogens is 1. The van der Waals surface area contributed by atoms with Gasteiger partial charge >= 0.3 is 0 Å². The molecule has 1 aromatic rings. The first-order chi connectivity index (χ1) is 10.2.